The predicted molar refractivity (Wildman–Crippen MR) is 146 cm³/mol. The maximum atomic E-state index is 13.1. The van der Waals surface area contributed by atoms with Crippen molar-refractivity contribution in [2.75, 3.05) is 0 Å². The largest absolute Gasteiger partial charge is 0.487 e. The Labute approximate surface area is 215 Å². The van der Waals surface area contributed by atoms with Gasteiger partial charge in [0, 0.05) is 34.0 Å². The molecule has 3 aromatic carbocycles. The van der Waals surface area contributed by atoms with Crippen LogP contribution >= 0.6 is 0 Å². The summed E-state index contributed by atoms with van der Waals surface area (Å²) in [4.78, 5) is 27.7. The third-order valence-electron chi connectivity index (χ3n) is 8.49. The maximum Gasteiger partial charge on any atom is 0.211 e. The second-order valence-electron chi connectivity index (χ2n) is 11.3. The van der Waals surface area contributed by atoms with E-state index in [1.54, 1.807) is 12.3 Å². The number of carbonyl (C=O) groups excluding carboxylic acids is 1. The van der Waals surface area contributed by atoms with Crippen molar-refractivity contribution >= 4 is 38.6 Å². The first-order chi connectivity index (χ1) is 17.9. The summed E-state index contributed by atoms with van der Waals surface area (Å²) in [6, 6.07) is 19.3. The van der Waals surface area contributed by atoms with Crippen LogP contribution < -0.4 is 4.74 Å². The van der Waals surface area contributed by atoms with Gasteiger partial charge in [0.05, 0.1) is 22.1 Å². The van der Waals surface area contributed by atoms with Gasteiger partial charge in [-0.3, -0.25) is 9.78 Å². The molecule has 7 rings (SSSR count). The molecule has 5 nitrogen and oxygen atoms in total. The van der Waals surface area contributed by atoms with Gasteiger partial charge < -0.3 is 4.74 Å². The molecule has 1 fully saturated rings. The third kappa shape index (κ3) is 3.44. The van der Waals surface area contributed by atoms with Crippen molar-refractivity contribution in [1.29, 1.82) is 0 Å². The lowest BCUT2D eigenvalue weighted by atomic mass is 9.64. The average molecular weight is 488 g/mol. The fraction of sp³-hybridized carbons (Fsp3) is 0.312. The van der Waals surface area contributed by atoms with Crippen molar-refractivity contribution in [2.24, 2.45) is 11.8 Å². The molecular weight excluding hydrogens is 458 g/mol. The van der Waals surface area contributed by atoms with Crippen molar-refractivity contribution < 1.29 is 9.53 Å². The van der Waals surface area contributed by atoms with Crippen LogP contribution in [0, 0.1) is 11.8 Å². The summed E-state index contributed by atoms with van der Waals surface area (Å²) < 4.78 is 6.85. The Morgan fingerprint density at radius 2 is 1.70 bits per heavy atom. The first-order valence-corrected chi connectivity index (χ1v) is 13.2. The van der Waals surface area contributed by atoms with Crippen LogP contribution in [0.3, 0.4) is 0 Å². The van der Waals surface area contributed by atoms with Crippen LogP contribution in [0.1, 0.15) is 67.6 Å². The molecule has 0 amide bonds. The van der Waals surface area contributed by atoms with Gasteiger partial charge in [-0.2, -0.15) is 0 Å². The number of ether oxygens (including phenoxy) is 1. The summed E-state index contributed by atoms with van der Waals surface area (Å²) in [6.45, 7) is 6.84. The zero-order valence-electron chi connectivity index (χ0n) is 21.4. The lowest BCUT2D eigenvalue weighted by Gasteiger charge is -2.49. The summed E-state index contributed by atoms with van der Waals surface area (Å²) in [6.07, 6.45) is 5.14. The summed E-state index contributed by atoms with van der Waals surface area (Å²) in [5.41, 5.74) is 5.25. The molecule has 5 heteroatoms. The molecule has 0 N–H and O–H groups in total. The Balaban J connectivity index is 1.51. The van der Waals surface area contributed by atoms with Crippen LogP contribution in [0.2, 0.25) is 0 Å². The van der Waals surface area contributed by atoms with Gasteiger partial charge in [-0.1, -0.05) is 43.7 Å². The van der Waals surface area contributed by atoms with Crippen LogP contribution in [0.25, 0.3) is 32.8 Å². The van der Waals surface area contributed by atoms with Crippen molar-refractivity contribution in [1.82, 2.24) is 15.0 Å². The summed E-state index contributed by atoms with van der Waals surface area (Å²) in [7, 11) is 0. The second-order valence-corrected chi connectivity index (χ2v) is 11.3. The Bertz CT molecular complexity index is 1710. The Kier molecular flexibility index (Phi) is 4.87. The Morgan fingerprint density at radius 3 is 2.51 bits per heavy atom. The van der Waals surface area contributed by atoms with Crippen LogP contribution in [0.4, 0.5) is 0 Å². The monoisotopic (exact) mass is 487 g/mol. The van der Waals surface area contributed by atoms with E-state index >= 15 is 0 Å². The van der Waals surface area contributed by atoms with E-state index in [1.807, 2.05) is 36.4 Å². The van der Waals surface area contributed by atoms with E-state index in [-0.39, 0.29) is 11.4 Å². The Hall–Kier alpha value is -3.86. The van der Waals surface area contributed by atoms with Crippen LogP contribution in [-0.2, 0) is 0 Å². The standard InChI is InChI=1S/C32H29N3O2/c1-18-11-13-23-22(16-18)27-29-28(20-8-4-5-9-21(20)31(27)37-32(23,2)3)34-24-14-12-19(17-26(24)35-29)30(36)25-10-6-7-15-33-25/h4-10,12,14-15,17-18,22-23H,11,13,16H2,1-3H3/t18-,22-,23-/m0/s1. The summed E-state index contributed by atoms with van der Waals surface area (Å²) in [5, 5.41) is 2.16. The first-order valence-electron chi connectivity index (χ1n) is 13.2. The molecule has 0 saturated heterocycles. The molecule has 1 aliphatic carbocycles. The summed E-state index contributed by atoms with van der Waals surface area (Å²) in [5.74, 6) is 2.28. The van der Waals surface area contributed by atoms with Crippen molar-refractivity contribution in [3.63, 3.8) is 0 Å². The number of ketones is 1. The smallest absolute Gasteiger partial charge is 0.211 e. The predicted octanol–water partition coefficient (Wildman–Crippen LogP) is 7.25. The molecule has 37 heavy (non-hydrogen) atoms. The number of aromatic nitrogens is 3. The lowest BCUT2D eigenvalue weighted by molar-refractivity contribution is -0.0115. The number of nitrogens with zero attached hydrogens (tertiary/aromatic N) is 3. The number of carbonyl (C=O) groups is 1. The number of fused-ring (bicyclic) bond motifs is 9. The minimum atomic E-state index is -0.249. The minimum Gasteiger partial charge on any atom is -0.487 e. The number of benzene rings is 3. The van der Waals surface area contributed by atoms with Gasteiger partial charge in [0.1, 0.15) is 17.0 Å². The van der Waals surface area contributed by atoms with Crippen LogP contribution in [-0.4, -0.2) is 26.3 Å². The molecule has 184 valence electrons. The molecule has 0 bridgehead atoms. The molecule has 0 radical (unpaired) electrons. The molecule has 2 aromatic heterocycles. The highest BCUT2D eigenvalue weighted by Gasteiger charge is 2.47. The van der Waals surface area contributed by atoms with E-state index in [9.17, 15) is 4.79 Å². The third-order valence-corrected chi connectivity index (χ3v) is 8.49. The lowest BCUT2D eigenvalue weighted by Crippen LogP contribution is -2.46. The first kappa shape index (κ1) is 22.3. The number of rotatable bonds is 2. The van der Waals surface area contributed by atoms with Crippen molar-refractivity contribution in [3.05, 3.63) is 83.7 Å². The van der Waals surface area contributed by atoms with E-state index in [1.165, 1.54) is 12.0 Å². The minimum absolute atomic E-state index is 0.115. The molecular formula is C32H29N3O2. The van der Waals surface area contributed by atoms with Gasteiger partial charge in [-0.25, -0.2) is 9.97 Å². The van der Waals surface area contributed by atoms with E-state index in [0.29, 0.717) is 29.0 Å². The van der Waals surface area contributed by atoms with Gasteiger partial charge >= 0.3 is 0 Å². The fourth-order valence-electron chi connectivity index (χ4n) is 6.68. The molecule has 1 saturated carbocycles. The SMILES string of the molecule is C[C@H]1CC[C@H]2[C@H](C1)c1c(c3ccccc3c3nc4ccc(C(=O)c5ccccn5)cc4nc13)OC2(C)C. The van der Waals surface area contributed by atoms with Crippen LogP contribution in [0.5, 0.6) is 5.75 Å². The van der Waals surface area contributed by atoms with E-state index in [2.05, 4.69) is 44.0 Å². The van der Waals surface area contributed by atoms with E-state index in [4.69, 9.17) is 14.7 Å². The molecule has 2 aliphatic rings. The van der Waals surface area contributed by atoms with Gasteiger partial charge in [-0.15, -0.1) is 0 Å². The number of hydrogen-bond donors (Lipinski definition) is 0. The van der Waals surface area contributed by atoms with Crippen molar-refractivity contribution in [3.8, 4) is 5.75 Å². The fourth-order valence-corrected chi connectivity index (χ4v) is 6.68. The van der Waals surface area contributed by atoms with E-state index in [0.717, 1.165) is 51.4 Å². The number of hydrogen-bond acceptors (Lipinski definition) is 5. The highest BCUT2D eigenvalue weighted by atomic mass is 16.5. The average Bonchev–Trinajstić information content (AvgIpc) is 2.91. The molecule has 0 spiro atoms. The van der Waals surface area contributed by atoms with Crippen molar-refractivity contribution in [2.45, 2.75) is 51.6 Å². The van der Waals surface area contributed by atoms with Gasteiger partial charge in [0.2, 0.25) is 5.78 Å². The van der Waals surface area contributed by atoms with Gasteiger partial charge in [-0.05, 0) is 68.9 Å². The van der Waals surface area contributed by atoms with Gasteiger partial charge in [0.25, 0.3) is 0 Å². The van der Waals surface area contributed by atoms with E-state index < -0.39 is 0 Å². The van der Waals surface area contributed by atoms with Crippen LogP contribution in [0.15, 0.2) is 66.9 Å². The number of pyridine rings is 1. The topological polar surface area (TPSA) is 65.0 Å². The van der Waals surface area contributed by atoms with Gasteiger partial charge in [0.15, 0.2) is 0 Å². The zero-order valence-corrected chi connectivity index (χ0v) is 21.4. The quantitative estimate of drug-likeness (QED) is 0.149. The highest BCUT2D eigenvalue weighted by molar-refractivity contribution is 6.12. The second kappa shape index (κ2) is 8.07. The normalized spacial score (nSPS) is 22.4. The molecule has 0 unspecified atom stereocenters. The maximum absolute atomic E-state index is 13.1. The molecule has 3 atom stereocenters. The zero-order chi connectivity index (χ0) is 25.3. The summed E-state index contributed by atoms with van der Waals surface area (Å²) >= 11 is 0. The highest BCUT2D eigenvalue weighted by Crippen LogP contribution is 2.56. The molecule has 3 heterocycles. The molecule has 5 aromatic rings. The Morgan fingerprint density at radius 1 is 0.919 bits per heavy atom. The molecule has 1 aliphatic heterocycles.